The lowest BCUT2D eigenvalue weighted by Crippen LogP contribution is -2.36. The SMILES string of the molecule is C#CC(C)(C)NCc1cccc(COC)c1. The Morgan fingerprint density at radius 1 is 1.38 bits per heavy atom. The van der Waals surface area contributed by atoms with E-state index in [1.807, 2.05) is 19.9 Å². The molecule has 0 aromatic heterocycles. The molecular weight excluding hydrogens is 198 g/mol. The van der Waals surface area contributed by atoms with Crippen LogP contribution in [0, 0.1) is 12.3 Å². The molecule has 0 atom stereocenters. The van der Waals surface area contributed by atoms with E-state index in [1.165, 1.54) is 11.1 Å². The van der Waals surface area contributed by atoms with E-state index in [0.717, 1.165) is 6.54 Å². The zero-order valence-corrected chi connectivity index (χ0v) is 10.2. The molecule has 0 aliphatic rings. The summed E-state index contributed by atoms with van der Waals surface area (Å²) in [6, 6.07) is 8.30. The van der Waals surface area contributed by atoms with Crippen molar-refractivity contribution in [2.75, 3.05) is 7.11 Å². The highest BCUT2D eigenvalue weighted by Gasteiger charge is 2.11. The van der Waals surface area contributed by atoms with Crippen LogP contribution in [0.15, 0.2) is 24.3 Å². The second-order valence-electron chi connectivity index (χ2n) is 4.38. The van der Waals surface area contributed by atoms with Crippen LogP contribution >= 0.6 is 0 Å². The van der Waals surface area contributed by atoms with Gasteiger partial charge in [0, 0.05) is 13.7 Å². The van der Waals surface area contributed by atoms with Crippen molar-refractivity contribution >= 4 is 0 Å². The minimum atomic E-state index is -0.267. The van der Waals surface area contributed by atoms with E-state index in [9.17, 15) is 0 Å². The molecule has 0 amide bonds. The minimum Gasteiger partial charge on any atom is -0.380 e. The third-order valence-corrected chi connectivity index (χ3v) is 2.40. The monoisotopic (exact) mass is 217 g/mol. The van der Waals surface area contributed by atoms with Crippen molar-refractivity contribution in [2.24, 2.45) is 0 Å². The van der Waals surface area contributed by atoms with Crippen molar-refractivity contribution in [3.05, 3.63) is 35.4 Å². The third-order valence-electron chi connectivity index (χ3n) is 2.40. The Labute approximate surface area is 98.0 Å². The molecule has 0 unspecified atom stereocenters. The van der Waals surface area contributed by atoms with Crippen LogP contribution in [0.3, 0.4) is 0 Å². The molecule has 0 saturated carbocycles. The van der Waals surface area contributed by atoms with Gasteiger partial charge in [-0.1, -0.05) is 30.2 Å². The first kappa shape index (κ1) is 12.8. The molecule has 1 rings (SSSR count). The fraction of sp³-hybridized carbons (Fsp3) is 0.429. The van der Waals surface area contributed by atoms with Crippen molar-refractivity contribution in [1.82, 2.24) is 5.32 Å². The maximum Gasteiger partial charge on any atom is 0.0743 e. The van der Waals surface area contributed by atoms with Gasteiger partial charge in [-0.3, -0.25) is 5.32 Å². The molecule has 1 aromatic carbocycles. The lowest BCUT2D eigenvalue weighted by atomic mass is 10.1. The van der Waals surface area contributed by atoms with Gasteiger partial charge in [-0.25, -0.2) is 0 Å². The van der Waals surface area contributed by atoms with Crippen molar-refractivity contribution in [2.45, 2.75) is 32.5 Å². The summed E-state index contributed by atoms with van der Waals surface area (Å²) in [5.41, 5.74) is 2.13. The lowest BCUT2D eigenvalue weighted by molar-refractivity contribution is 0.185. The van der Waals surface area contributed by atoms with Gasteiger partial charge < -0.3 is 4.74 Å². The molecule has 0 fully saturated rings. The van der Waals surface area contributed by atoms with Crippen molar-refractivity contribution < 1.29 is 4.74 Å². The second-order valence-corrected chi connectivity index (χ2v) is 4.38. The number of hydrogen-bond donors (Lipinski definition) is 1. The first-order valence-electron chi connectivity index (χ1n) is 5.37. The summed E-state index contributed by atoms with van der Waals surface area (Å²) in [6.45, 7) is 5.40. The number of terminal acetylenes is 1. The Morgan fingerprint density at radius 2 is 2.06 bits per heavy atom. The van der Waals surface area contributed by atoms with Gasteiger partial charge in [-0.05, 0) is 25.0 Å². The highest BCUT2D eigenvalue weighted by Crippen LogP contribution is 2.08. The van der Waals surface area contributed by atoms with Crippen molar-refractivity contribution in [1.29, 1.82) is 0 Å². The van der Waals surface area contributed by atoms with Gasteiger partial charge in [0.15, 0.2) is 0 Å². The Kier molecular flexibility index (Phi) is 4.54. The van der Waals surface area contributed by atoms with Crippen LogP contribution < -0.4 is 5.32 Å². The highest BCUT2D eigenvalue weighted by atomic mass is 16.5. The molecule has 0 heterocycles. The highest BCUT2D eigenvalue weighted by molar-refractivity contribution is 5.23. The Hall–Kier alpha value is -1.30. The van der Waals surface area contributed by atoms with Gasteiger partial charge in [-0.2, -0.15) is 0 Å². The third kappa shape index (κ3) is 4.06. The maximum absolute atomic E-state index is 5.42. The summed E-state index contributed by atoms with van der Waals surface area (Å²) in [4.78, 5) is 0. The van der Waals surface area contributed by atoms with Crippen LogP contribution in [-0.4, -0.2) is 12.6 Å². The van der Waals surface area contributed by atoms with Gasteiger partial charge in [-0.15, -0.1) is 6.42 Å². The van der Waals surface area contributed by atoms with E-state index in [4.69, 9.17) is 11.2 Å². The predicted molar refractivity (Wildman–Crippen MR) is 66.9 cm³/mol. The topological polar surface area (TPSA) is 21.3 Å². The Bertz CT molecular complexity index is 377. The van der Waals surface area contributed by atoms with Crippen LogP contribution in [0.5, 0.6) is 0 Å². The summed E-state index contributed by atoms with van der Waals surface area (Å²) in [5.74, 6) is 2.72. The molecule has 0 bridgehead atoms. The molecule has 1 N–H and O–H groups in total. The fourth-order valence-corrected chi connectivity index (χ4v) is 1.37. The predicted octanol–water partition coefficient (Wildman–Crippen LogP) is 2.33. The summed E-state index contributed by atoms with van der Waals surface area (Å²) < 4.78 is 5.10. The van der Waals surface area contributed by atoms with E-state index in [0.29, 0.717) is 6.61 Å². The Morgan fingerprint density at radius 3 is 2.69 bits per heavy atom. The van der Waals surface area contributed by atoms with E-state index in [2.05, 4.69) is 29.4 Å². The van der Waals surface area contributed by atoms with Crippen LogP contribution in [0.2, 0.25) is 0 Å². The van der Waals surface area contributed by atoms with Crippen LogP contribution in [0.25, 0.3) is 0 Å². The number of ether oxygens (including phenoxy) is 1. The van der Waals surface area contributed by atoms with Crippen LogP contribution in [0.1, 0.15) is 25.0 Å². The zero-order chi connectivity index (χ0) is 12.0. The van der Waals surface area contributed by atoms with E-state index >= 15 is 0 Å². The lowest BCUT2D eigenvalue weighted by Gasteiger charge is -2.19. The van der Waals surface area contributed by atoms with E-state index in [1.54, 1.807) is 7.11 Å². The van der Waals surface area contributed by atoms with Gasteiger partial charge in [0.05, 0.1) is 12.1 Å². The van der Waals surface area contributed by atoms with Gasteiger partial charge in [0.2, 0.25) is 0 Å². The normalized spacial score (nSPS) is 11.1. The average Bonchev–Trinajstić information content (AvgIpc) is 2.28. The summed E-state index contributed by atoms with van der Waals surface area (Å²) in [7, 11) is 1.70. The standard InChI is InChI=1S/C14H19NO/c1-5-14(2,3)15-10-12-7-6-8-13(9-12)11-16-4/h1,6-9,15H,10-11H2,2-4H3. The van der Waals surface area contributed by atoms with E-state index < -0.39 is 0 Å². The number of nitrogens with one attached hydrogen (secondary N) is 1. The van der Waals surface area contributed by atoms with Gasteiger partial charge in [0.25, 0.3) is 0 Å². The largest absolute Gasteiger partial charge is 0.380 e. The molecule has 0 radical (unpaired) electrons. The molecule has 86 valence electrons. The first-order valence-corrected chi connectivity index (χ1v) is 5.37. The molecule has 2 heteroatoms. The van der Waals surface area contributed by atoms with Gasteiger partial charge >= 0.3 is 0 Å². The van der Waals surface area contributed by atoms with Gasteiger partial charge in [0.1, 0.15) is 0 Å². The molecular formula is C14H19NO. The number of hydrogen-bond acceptors (Lipinski definition) is 2. The van der Waals surface area contributed by atoms with Crippen molar-refractivity contribution in [3.8, 4) is 12.3 Å². The molecule has 0 aliphatic heterocycles. The summed E-state index contributed by atoms with van der Waals surface area (Å²) in [6.07, 6.45) is 5.42. The zero-order valence-electron chi connectivity index (χ0n) is 10.2. The summed E-state index contributed by atoms with van der Waals surface area (Å²) in [5, 5.41) is 3.32. The Balaban J connectivity index is 2.61. The smallest absolute Gasteiger partial charge is 0.0743 e. The molecule has 1 aromatic rings. The summed E-state index contributed by atoms with van der Waals surface area (Å²) >= 11 is 0. The fourth-order valence-electron chi connectivity index (χ4n) is 1.37. The molecule has 0 spiro atoms. The quantitative estimate of drug-likeness (QED) is 0.764. The minimum absolute atomic E-state index is 0.267. The molecule has 2 nitrogen and oxygen atoms in total. The number of benzene rings is 1. The van der Waals surface area contributed by atoms with Crippen molar-refractivity contribution in [3.63, 3.8) is 0 Å². The van der Waals surface area contributed by atoms with Crippen LogP contribution in [0.4, 0.5) is 0 Å². The molecule has 0 saturated heterocycles. The molecule has 16 heavy (non-hydrogen) atoms. The first-order chi connectivity index (χ1) is 7.57. The van der Waals surface area contributed by atoms with E-state index in [-0.39, 0.29) is 5.54 Å². The maximum atomic E-state index is 5.42. The molecule has 0 aliphatic carbocycles. The number of methoxy groups -OCH3 is 1. The second kappa shape index (κ2) is 5.69. The number of rotatable bonds is 5. The average molecular weight is 217 g/mol. The van der Waals surface area contributed by atoms with Crippen LogP contribution in [-0.2, 0) is 17.9 Å².